The lowest BCUT2D eigenvalue weighted by Crippen LogP contribution is -2.60. The fraction of sp³-hybridized carbons (Fsp3) is 0.240. The summed E-state index contributed by atoms with van der Waals surface area (Å²) in [6.45, 7) is 4.06. The van der Waals surface area contributed by atoms with Crippen molar-refractivity contribution in [2.75, 3.05) is 12.8 Å². The maximum absolute atomic E-state index is 13.9. The zero-order chi connectivity index (χ0) is 23.5. The van der Waals surface area contributed by atoms with E-state index in [1.165, 1.54) is 25.4 Å². The third-order valence-electron chi connectivity index (χ3n) is 6.38. The van der Waals surface area contributed by atoms with Crippen LogP contribution in [0.25, 0.3) is 0 Å². The number of Topliss-reactive ketones (excluding diaryl/α,β-unsaturated/α-hetero) is 1. The van der Waals surface area contributed by atoms with Crippen molar-refractivity contribution in [3.8, 4) is 11.6 Å². The lowest BCUT2D eigenvalue weighted by molar-refractivity contribution is -0.169. The molecule has 0 bridgehead atoms. The summed E-state index contributed by atoms with van der Waals surface area (Å²) in [6, 6.07) is 13.1. The number of carbonyl (C=O) groups excluding carboxylic acids is 2. The fourth-order valence-electron chi connectivity index (χ4n) is 4.65. The number of aliphatic hydroxyl groups is 1. The molecular formula is C25H23N3O5. The highest BCUT2D eigenvalue weighted by Crippen LogP contribution is 2.59. The molecular weight excluding hydrogens is 422 g/mol. The van der Waals surface area contributed by atoms with Gasteiger partial charge < -0.3 is 25.6 Å². The average molecular weight is 445 g/mol. The number of hydrogen-bond acceptors (Lipinski definition) is 7. The topological polar surface area (TPSA) is 124 Å². The van der Waals surface area contributed by atoms with E-state index in [0.717, 1.165) is 5.56 Å². The maximum atomic E-state index is 13.9. The summed E-state index contributed by atoms with van der Waals surface area (Å²) in [5.74, 6) is -2.54. The Morgan fingerprint density at radius 3 is 2.70 bits per heavy atom. The Morgan fingerprint density at radius 1 is 1.18 bits per heavy atom. The van der Waals surface area contributed by atoms with Gasteiger partial charge in [-0.25, -0.2) is 4.98 Å². The molecule has 0 saturated heterocycles. The molecule has 2 atom stereocenters. The van der Waals surface area contributed by atoms with Crippen LogP contribution in [-0.2, 0) is 11.3 Å². The van der Waals surface area contributed by atoms with Crippen molar-refractivity contribution >= 4 is 17.4 Å². The van der Waals surface area contributed by atoms with E-state index in [4.69, 9.17) is 15.2 Å². The first kappa shape index (κ1) is 21.0. The highest BCUT2D eigenvalue weighted by molar-refractivity contribution is 6.16. The molecule has 0 fully saturated rings. The molecule has 0 radical (unpaired) electrons. The zero-order valence-corrected chi connectivity index (χ0v) is 18.4. The average Bonchev–Trinajstić information content (AvgIpc) is 3.16. The van der Waals surface area contributed by atoms with Crippen LogP contribution < -0.4 is 20.5 Å². The van der Waals surface area contributed by atoms with Crippen molar-refractivity contribution in [2.45, 2.75) is 31.1 Å². The number of fused-ring (bicyclic) bond motifs is 5. The van der Waals surface area contributed by atoms with E-state index in [1.54, 1.807) is 30.3 Å². The van der Waals surface area contributed by atoms with Crippen molar-refractivity contribution in [1.82, 2.24) is 10.3 Å². The number of carbonyl (C=O) groups is 2. The predicted octanol–water partition coefficient (Wildman–Crippen LogP) is 2.86. The summed E-state index contributed by atoms with van der Waals surface area (Å²) in [5.41, 5.74) is 6.29. The smallest absolute Gasteiger partial charge is 0.271 e. The second-order valence-corrected chi connectivity index (χ2v) is 8.55. The highest BCUT2D eigenvalue weighted by atomic mass is 16.6. The predicted molar refractivity (Wildman–Crippen MR) is 120 cm³/mol. The molecule has 2 unspecified atom stereocenters. The van der Waals surface area contributed by atoms with Crippen LogP contribution in [0.4, 0.5) is 5.69 Å². The minimum absolute atomic E-state index is 0.131. The van der Waals surface area contributed by atoms with Crippen molar-refractivity contribution < 1.29 is 24.2 Å². The number of nitrogen functional groups attached to an aromatic ring is 1. The molecule has 1 amide bonds. The lowest BCUT2D eigenvalue weighted by atomic mass is 9.82. The van der Waals surface area contributed by atoms with E-state index in [-0.39, 0.29) is 34.2 Å². The lowest BCUT2D eigenvalue weighted by Gasteiger charge is -2.34. The van der Waals surface area contributed by atoms with E-state index in [1.807, 2.05) is 19.9 Å². The molecule has 5 rings (SSSR count). The van der Waals surface area contributed by atoms with Gasteiger partial charge in [-0.3, -0.25) is 9.59 Å². The van der Waals surface area contributed by atoms with Crippen LogP contribution >= 0.6 is 0 Å². The third-order valence-corrected chi connectivity index (χ3v) is 6.38. The molecule has 1 aliphatic heterocycles. The van der Waals surface area contributed by atoms with E-state index >= 15 is 0 Å². The molecule has 0 spiro atoms. The van der Waals surface area contributed by atoms with Gasteiger partial charge in [0.1, 0.15) is 5.75 Å². The molecule has 4 N–H and O–H groups in total. The molecule has 0 saturated carbocycles. The number of hydrogen-bond donors (Lipinski definition) is 3. The summed E-state index contributed by atoms with van der Waals surface area (Å²) in [6.07, 6.45) is 1.43. The molecule has 2 aliphatic rings. The first-order valence-corrected chi connectivity index (χ1v) is 10.5. The van der Waals surface area contributed by atoms with Crippen LogP contribution in [0.5, 0.6) is 11.6 Å². The number of anilines is 1. The van der Waals surface area contributed by atoms with Crippen LogP contribution in [0.2, 0.25) is 0 Å². The van der Waals surface area contributed by atoms with Gasteiger partial charge in [0, 0.05) is 34.6 Å². The van der Waals surface area contributed by atoms with Gasteiger partial charge in [0.2, 0.25) is 17.2 Å². The second kappa shape index (κ2) is 7.05. The molecule has 2 heterocycles. The van der Waals surface area contributed by atoms with Gasteiger partial charge in [-0.1, -0.05) is 38.1 Å². The number of ether oxygens (including phenoxy) is 2. The summed E-state index contributed by atoms with van der Waals surface area (Å²) in [7, 11) is 1.44. The number of aromatic nitrogens is 1. The van der Waals surface area contributed by atoms with Crippen molar-refractivity contribution in [3.05, 3.63) is 82.5 Å². The quantitative estimate of drug-likeness (QED) is 0.528. The van der Waals surface area contributed by atoms with Crippen LogP contribution in [0.15, 0.2) is 54.7 Å². The van der Waals surface area contributed by atoms with Gasteiger partial charge in [0.25, 0.3) is 11.7 Å². The monoisotopic (exact) mass is 445 g/mol. The van der Waals surface area contributed by atoms with Crippen LogP contribution in [0.1, 0.15) is 57.2 Å². The fourth-order valence-corrected chi connectivity index (χ4v) is 4.65. The number of benzene rings is 2. The van der Waals surface area contributed by atoms with Crippen molar-refractivity contribution in [1.29, 1.82) is 0 Å². The van der Waals surface area contributed by atoms with Crippen molar-refractivity contribution in [3.63, 3.8) is 0 Å². The Bertz CT molecular complexity index is 1320. The van der Waals surface area contributed by atoms with Crippen molar-refractivity contribution in [2.24, 2.45) is 0 Å². The highest BCUT2D eigenvalue weighted by Gasteiger charge is 2.72. The SMILES string of the molecule is COc1cc(C(=O)NC23C(=O)c4c(N)cccc4C2(O)Oc2cc(C(C)C)ccc23)ccn1. The second-order valence-electron chi connectivity index (χ2n) is 8.55. The number of nitrogens with zero attached hydrogens (tertiary/aromatic N) is 1. The van der Waals surface area contributed by atoms with Crippen LogP contribution in [0, 0.1) is 0 Å². The first-order chi connectivity index (χ1) is 15.7. The number of amides is 1. The Labute approximate surface area is 190 Å². The normalized spacial score (nSPS) is 22.4. The summed E-state index contributed by atoms with van der Waals surface area (Å²) in [5, 5.41) is 14.7. The number of nitrogens with two attached hydrogens (primary N) is 1. The van der Waals surface area contributed by atoms with E-state index < -0.39 is 23.0 Å². The first-order valence-electron chi connectivity index (χ1n) is 10.5. The van der Waals surface area contributed by atoms with Gasteiger partial charge >= 0.3 is 0 Å². The molecule has 8 heteroatoms. The molecule has 3 aromatic rings. The van der Waals surface area contributed by atoms with Crippen LogP contribution in [0.3, 0.4) is 0 Å². The summed E-state index contributed by atoms with van der Waals surface area (Å²) in [4.78, 5) is 31.3. The van der Waals surface area contributed by atoms with Gasteiger partial charge in [-0.15, -0.1) is 0 Å². The van der Waals surface area contributed by atoms with Gasteiger partial charge in [0.05, 0.1) is 12.7 Å². The van der Waals surface area contributed by atoms with Gasteiger partial charge in [-0.05, 0) is 29.7 Å². The number of rotatable bonds is 4. The Kier molecular flexibility index (Phi) is 4.48. The van der Waals surface area contributed by atoms with Crippen LogP contribution in [-0.4, -0.2) is 28.9 Å². The van der Waals surface area contributed by atoms with E-state index in [9.17, 15) is 14.7 Å². The number of nitrogens with one attached hydrogen (secondary N) is 1. The third kappa shape index (κ3) is 2.70. The Morgan fingerprint density at radius 2 is 1.97 bits per heavy atom. The number of methoxy groups -OCH3 is 1. The minimum atomic E-state index is -2.17. The molecule has 1 aliphatic carbocycles. The number of pyridine rings is 1. The largest absolute Gasteiger partial charge is 0.481 e. The Balaban J connectivity index is 1.71. The summed E-state index contributed by atoms with van der Waals surface area (Å²) < 4.78 is 11.2. The number of ketones is 1. The summed E-state index contributed by atoms with van der Waals surface area (Å²) >= 11 is 0. The van der Waals surface area contributed by atoms with Gasteiger partial charge in [-0.2, -0.15) is 0 Å². The zero-order valence-electron chi connectivity index (χ0n) is 18.4. The molecule has 2 aromatic carbocycles. The standard InChI is InChI=1S/C25H23N3O5/c1-13(2)14-7-8-16-19(11-14)33-25(31)17-5-4-6-18(26)21(17)22(29)24(16,25)28-23(30)15-9-10-27-20(12-15)32-3/h4-13,31H,26H2,1-3H3,(H,28,30). The van der Waals surface area contributed by atoms with Gasteiger partial charge in [0.15, 0.2) is 0 Å². The van der Waals surface area contributed by atoms with E-state index in [0.29, 0.717) is 11.3 Å². The molecule has 1 aromatic heterocycles. The van der Waals surface area contributed by atoms with E-state index in [2.05, 4.69) is 10.3 Å². The molecule has 168 valence electrons. The molecule has 8 nitrogen and oxygen atoms in total. The minimum Gasteiger partial charge on any atom is -0.481 e. The maximum Gasteiger partial charge on any atom is 0.271 e. The Hall–Kier alpha value is -3.91. The molecule has 33 heavy (non-hydrogen) atoms.